The Labute approximate surface area is 148 Å². The van der Waals surface area contributed by atoms with Crippen LogP contribution >= 0.6 is 11.3 Å². The minimum Gasteiger partial charge on any atom is -0.348 e. The Morgan fingerprint density at radius 2 is 2.04 bits per heavy atom. The first kappa shape index (κ1) is 16.8. The van der Waals surface area contributed by atoms with E-state index in [0.29, 0.717) is 6.54 Å². The fourth-order valence-corrected chi connectivity index (χ4v) is 3.14. The largest absolute Gasteiger partial charge is 0.348 e. The Hall–Kier alpha value is -3.06. The zero-order valence-corrected chi connectivity index (χ0v) is 14.2. The highest BCUT2D eigenvalue weighted by Gasteiger charge is 2.11. The molecule has 0 saturated heterocycles. The van der Waals surface area contributed by atoms with Gasteiger partial charge < -0.3 is 5.32 Å². The Bertz CT molecular complexity index is 937. The molecule has 2 aromatic carbocycles. The summed E-state index contributed by atoms with van der Waals surface area (Å²) in [5.74, 6) is -0.348. The molecule has 1 aromatic heterocycles. The number of nitrogens with zero attached hydrogens (tertiary/aromatic N) is 2. The van der Waals surface area contributed by atoms with Gasteiger partial charge >= 0.3 is 0 Å². The summed E-state index contributed by atoms with van der Waals surface area (Å²) in [6.45, 7) is 2.28. The van der Waals surface area contributed by atoms with Gasteiger partial charge in [-0.3, -0.25) is 14.9 Å². The second kappa shape index (κ2) is 7.23. The van der Waals surface area contributed by atoms with E-state index < -0.39 is 4.92 Å². The fourth-order valence-electron chi connectivity index (χ4n) is 2.35. The Morgan fingerprint density at radius 1 is 1.24 bits per heavy atom. The number of thiazole rings is 1. The van der Waals surface area contributed by atoms with E-state index in [0.717, 1.165) is 21.8 Å². The van der Waals surface area contributed by atoms with Crippen molar-refractivity contribution in [1.82, 2.24) is 10.3 Å². The average molecular weight is 353 g/mol. The first-order chi connectivity index (χ1) is 12.0. The molecular formula is C18H15N3O3S. The van der Waals surface area contributed by atoms with Crippen LogP contribution in [0.3, 0.4) is 0 Å². The molecule has 1 N–H and O–H groups in total. The molecule has 0 fully saturated rings. The van der Waals surface area contributed by atoms with Crippen LogP contribution in [-0.4, -0.2) is 15.8 Å². The lowest BCUT2D eigenvalue weighted by Crippen LogP contribution is -2.22. The van der Waals surface area contributed by atoms with Crippen molar-refractivity contribution >= 4 is 22.9 Å². The number of benzene rings is 2. The number of nitro benzene ring substituents is 1. The molecule has 0 unspecified atom stereocenters. The molecule has 7 heteroatoms. The van der Waals surface area contributed by atoms with Gasteiger partial charge in [0, 0.05) is 40.9 Å². The standard InChI is InChI=1S/C18H15N3O3S/c1-12-11-25-18(20-12)15-6-2-4-13(8-15)10-19-17(22)14-5-3-7-16(9-14)21(23)24/h2-9,11H,10H2,1H3,(H,19,22). The summed E-state index contributed by atoms with van der Waals surface area (Å²) < 4.78 is 0. The van der Waals surface area contributed by atoms with E-state index in [9.17, 15) is 14.9 Å². The number of rotatable bonds is 5. The molecule has 0 aliphatic carbocycles. The highest BCUT2D eigenvalue weighted by molar-refractivity contribution is 7.13. The molecule has 0 spiro atoms. The highest BCUT2D eigenvalue weighted by Crippen LogP contribution is 2.24. The third-order valence-corrected chi connectivity index (χ3v) is 4.57. The molecule has 25 heavy (non-hydrogen) atoms. The predicted octanol–water partition coefficient (Wildman–Crippen LogP) is 3.96. The molecule has 0 aliphatic rings. The van der Waals surface area contributed by atoms with Crippen LogP contribution in [0.5, 0.6) is 0 Å². The number of non-ortho nitro benzene ring substituents is 1. The molecular weight excluding hydrogens is 338 g/mol. The summed E-state index contributed by atoms with van der Waals surface area (Å²) in [6.07, 6.45) is 0. The van der Waals surface area contributed by atoms with Gasteiger partial charge in [0.2, 0.25) is 0 Å². The number of amides is 1. The van der Waals surface area contributed by atoms with Gasteiger partial charge in [0.15, 0.2) is 0 Å². The second-order valence-corrected chi connectivity index (χ2v) is 6.34. The lowest BCUT2D eigenvalue weighted by Gasteiger charge is -2.07. The van der Waals surface area contributed by atoms with Gasteiger partial charge in [0.1, 0.15) is 5.01 Å². The molecule has 0 aliphatic heterocycles. The van der Waals surface area contributed by atoms with Crippen molar-refractivity contribution in [2.45, 2.75) is 13.5 Å². The lowest BCUT2D eigenvalue weighted by atomic mass is 10.1. The molecule has 126 valence electrons. The molecule has 3 aromatic rings. The SMILES string of the molecule is Cc1csc(-c2cccc(CNC(=O)c3cccc([N+](=O)[O-])c3)c2)n1. The van der Waals surface area contributed by atoms with Gasteiger partial charge in [-0.25, -0.2) is 4.98 Å². The van der Waals surface area contributed by atoms with Crippen LogP contribution in [0.1, 0.15) is 21.6 Å². The maximum Gasteiger partial charge on any atom is 0.270 e. The summed E-state index contributed by atoms with van der Waals surface area (Å²) in [5, 5.41) is 16.5. The number of aromatic nitrogens is 1. The quantitative estimate of drug-likeness (QED) is 0.556. The molecule has 1 amide bonds. The van der Waals surface area contributed by atoms with Crippen molar-refractivity contribution in [1.29, 1.82) is 0 Å². The van der Waals surface area contributed by atoms with E-state index >= 15 is 0 Å². The minimum atomic E-state index is -0.518. The topological polar surface area (TPSA) is 85.1 Å². The van der Waals surface area contributed by atoms with Crippen LogP contribution in [0.4, 0.5) is 5.69 Å². The Morgan fingerprint density at radius 3 is 2.76 bits per heavy atom. The van der Waals surface area contributed by atoms with E-state index in [2.05, 4.69) is 10.3 Å². The van der Waals surface area contributed by atoms with E-state index in [1.54, 1.807) is 17.4 Å². The van der Waals surface area contributed by atoms with Crippen molar-refractivity contribution in [2.24, 2.45) is 0 Å². The molecule has 0 bridgehead atoms. The van der Waals surface area contributed by atoms with Gasteiger partial charge in [-0.2, -0.15) is 0 Å². The fraction of sp³-hybridized carbons (Fsp3) is 0.111. The van der Waals surface area contributed by atoms with Gasteiger partial charge in [0.05, 0.1) is 4.92 Å². The molecule has 0 saturated carbocycles. The predicted molar refractivity (Wildman–Crippen MR) is 96.6 cm³/mol. The number of carbonyl (C=O) groups excluding carboxylic acids is 1. The number of hydrogen-bond donors (Lipinski definition) is 1. The van der Waals surface area contributed by atoms with Crippen molar-refractivity contribution in [2.75, 3.05) is 0 Å². The maximum atomic E-state index is 12.2. The highest BCUT2D eigenvalue weighted by atomic mass is 32.1. The summed E-state index contributed by atoms with van der Waals surface area (Å²) in [7, 11) is 0. The first-order valence-corrected chi connectivity index (χ1v) is 8.45. The third-order valence-electron chi connectivity index (χ3n) is 3.57. The maximum absolute atomic E-state index is 12.2. The molecule has 0 radical (unpaired) electrons. The van der Waals surface area contributed by atoms with Crippen LogP contribution in [-0.2, 0) is 6.54 Å². The molecule has 3 rings (SSSR count). The zero-order chi connectivity index (χ0) is 17.8. The monoisotopic (exact) mass is 353 g/mol. The molecule has 6 nitrogen and oxygen atoms in total. The summed E-state index contributed by atoms with van der Waals surface area (Å²) in [6, 6.07) is 13.5. The van der Waals surface area contributed by atoms with Gasteiger partial charge in [0.25, 0.3) is 11.6 Å². The molecule has 0 atom stereocenters. The second-order valence-electron chi connectivity index (χ2n) is 5.48. The van der Waals surface area contributed by atoms with Crippen molar-refractivity contribution in [3.8, 4) is 10.6 Å². The number of hydrogen-bond acceptors (Lipinski definition) is 5. The lowest BCUT2D eigenvalue weighted by molar-refractivity contribution is -0.384. The van der Waals surface area contributed by atoms with Crippen LogP contribution < -0.4 is 5.32 Å². The number of carbonyl (C=O) groups is 1. The van der Waals surface area contributed by atoms with Gasteiger partial charge in [-0.15, -0.1) is 11.3 Å². The van der Waals surface area contributed by atoms with E-state index in [-0.39, 0.29) is 17.2 Å². The van der Waals surface area contributed by atoms with Crippen molar-refractivity contribution < 1.29 is 9.72 Å². The van der Waals surface area contributed by atoms with Gasteiger partial charge in [-0.05, 0) is 24.6 Å². The average Bonchev–Trinajstić information content (AvgIpc) is 3.06. The number of nitrogens with one attached hydrogen (secondary N) is 1. The zero-order valence-electron chi connectivity index (χ0n) is 13.4. The minimum absolute atomic E-state index is 0.103. The van der Waals surface area contributed by atoms with Crippen LogP contribution in [0, 0.1) is 17.0 Å². The van der Waals surface area contributed by atoms with Crippen molar-refractivity contribution in [3.63, 3.8) is 0 Å². The van der Waals surface area contributed by atoms with E-state index in [4.69, 9.17) is 0 Å². The summed E-state index contributed by atoms with van der Waals surface area (Å²) in [4.78, 5) is 26.9. The van der Waals surface area contributed by atoms with E-state index in [1.165, 1.54) is 18.2 Å². The van der Waals surface area contributed by atoms with E-state index in [1.807, 2.05) is 36.6 Å². The molecule has 1 heterocycles. The summed E-state index contributed by atoms with van der Waals surface area (Å²) >= 11 is 1.57. The Balaban J connectivity index is 1.70. The van der Waals surface area contributed by atoms with Crippen molar-refractivity contribution in [3.05, 3.63) is 80.8 Å². The third kappa shape index (κ3) is 4.07. The normalized spacial score (nSPS) is 10.4. The Kier molecular flexibility index (Phi) is 4.85. The van der Waals surface area contributed by atoms with Crippen LogP contribution in [0.2, 0.25) is 0 Å². The number of nitro groups is 1. The first-order valence-electron chi connectivity index (χ1n) is 7.57. The van der Waals surface area contributed by atoms with Crippen LogP contribution in [0.25, 0.3) is 10.6 Å². The smallest absolute Gasteiger partial charge is 0.270 e. The summed E-state index contributed by atoms with van der Waals surface area (Å²) in [5.41, 5.74) is 3.07. The number of aryl methyl sites for hydroxylation is 1. The van der Waals surface area contributed by atoms with Gasteiger partial charge in [-0.1, -0.05) is 24.3 Å². The van der Waals surface area contributed by atoms with Crippen LogP contribution in [0.15, 0.2) is 53.9 Å².